The molecule has 0 aliphatic carbocycles. The lowest BCUT2D eigenvalue weighted by atomic mass is 10.0. The third kappa shape index (κ3) is 4.45. The van der Waals surface area contributed by atoms with Crippen molar-refractivity contribution in [1.29, 1.82) is 0 Å². The van der Waals surface area contributed by atoms with Gasteiger partial charge in [-0.1, -0.05) is 25.5 Å². The Morgan fingerprint density at radius 3 is 2.61 bits per heavy atom. The highest BCUT2D eigenvalue weighted by Gasteiger charge is 2.44. The van der Waals surface area contributed by atoms with Gasteiger partial charge in [-0.2, -0.15) is 0 Å². The van der Waals surface area contributed by atoms with E-state index in [1.807, 2.05) is 0 Å². The number of hydrogen-bond donors (Lipinski definition) is 7. The number of aliphatic hydroxyl groups excluding tert-OH is 4. The molecule has 9 heteroatoms. The van der Waals surface area contributed by atoms with Crippen LogP contribution < -0.4 is 16.0 Å². The Kier molecular flexibility index (Phi) is 6.86. The standard InChI is InChI=1S/C19H30N4O5/c1-2-3-8-20-19(28)21-10-11-4-5-12-13(9-11)18(27)23(17(12)26)14-6-7-15(24)22-16(14)25/h4-5,9,14-18,22,24-27H,2-3,6-8,10H2,1H3,(H2,20,21,28). The van der Waals surface area contributed by atoms with Crippen molar-refractivity contribution < 1.29 is 25.2 Å². The van der Waals surface area contributed by atoms with Crippen LogP contribution in [0.25, 0.3) is 0 Å². The number of amides is 2. The van der Waals surface area contributed by atoms with Crippen LogP contribution in [0.2, 0.25) is 0 Å². The molecule has 0 aromatic heterocycles. The van der Waals surface area contributed by atoms with Gasteiger partial charge in [0, 0.05) is 24.2 Å². The predicted molar refractivity (Wildman–Crippen MR) is 102 cm³/mol. The Bertz CT molecular complexity index is 688. The maximum absolute atomic E-state index is 11.8. The van der Waals surface area contributed by atoms with Crippen molar-refractivity contribution in [3.8, 4) is 0 Å². The zero-order valence-electron chi connectivity index (χ0n) is 16.0. The molecule has 3 rings (SSSR count). The molecule has 28 heavy (non-hydrogen) atoms. The van der Waals surface area contributed by atoms with E-state index in [0.717, 1.165) is 18.4 Å². The number of benzene rings is 1. The summed E-state index contributed by atoms with van der Waals surface area (Å²) < 4.78 is 0. The van der Waals surface area contributed by atoms with Crippen LogP contribution >= 0.6 is 0 Å². The Hall–Kier alpha value is -1.75. The second kappa shape index (κ2) is 9.17. The van der Waals surface area contributed by atoms with Gasteiger partial charge < -0.3 is 31.1 Å². The van der Waals surface area contributed by atoms with E-state index in [2.05, 4.69) is 22.9 Å². The van der Waals surface area contributed by atoms with Gasteiger partial charge in [0.2, 0.25) is 0 Å². The fourth-order valence-electron chi connectivity index (χ4n) is 3.82. The minimum atomic E-state index is -1.08. The lowest BCUT2D eigenvalue weighted by Gasteiger charge is -2.40. The van der Waals surface area contributed by atoms with E-state index in [4.69, 9.17) is 0 Å². The van der Waals surface area contributed by atoms with Gasteiger partial charge in [0.15, 0.2) is 0 Å². The zero-order chi connectivity index (χ0) is 20.3. The Labute approximate surface area is 164 Å². The molecule has 5 unspecified atom stereocenters. The summed E-state index contributed by atoms with van der Waals surface area (Å²) in [5.41, 5.74) is 1.92. The SMILES string of the molecule is CCCCNC(=O)NCc1ccc2c(c1)C(O)N(C1CCC(O)NC1O)C2O. The van der Waals surface area contributed by atoms with E-state index in [0.29, 0.717) is 37.1 Å². The highest BCUT2D eigenvalue weighted by atomic mass is 16.3. The predicted octanol–water partition coefficient (Wildman–Crippen LogP) is -0.0279. The number of piperidine rings is 1. The van der Waals surface area contributed by atoms with E-state index in [1.54, 1.807) is 18.2 Å². The number of urea groups is 1. The van der Waals surface area contributed by atoms with Gasteiger partial charge in [-0.25, -0.2) is 9.69 Å². The van der Waals surface area contributed by atoms with Crippen molar-refractivity contribution in [2.45, 2.75) is 70.1 Å². The molecule has 5 atom stereocenters. The number of hydrogen-bond acceptors (Lipinski definition) is 7. The summed E-state index contributed by atoms with van der Waals surface area (Å²) in [6, 6.07) is 4.50. The number of nitrogens with one attached hydrogen (secondary N) is 3. The fraction of sp³-hybridized carbons (Fsp3) is 0.632. The Balaban J connectivity index is 1.65. The Morgan fingerprint density at radius 1 is 1.14 bits per heavy atom. The van der Waals surface area contributed by atoms with Crippen LogP contribution in [-0.2, 0) is 6.54 Å². The molecule has 2 aliphatic heterocycles. The fourth-order valence-corrected chi connectivity index (χ4v) is 3.82. The van der Waals surface area contributed by atoms with E-state index < -0.39 is 31.0 Å². The van der Waals surface area contributed by atoms with Crippen molar-refractivity contribution in [3.05, 3.63) is 34.9 Å². The average Bonchev–Trinajstić information content (AvgIpc) is 2.91. The van der Waals surface area contributed by atoms with E-state index in [9.17, 15) is 25.2 Å². The average molecular weight is 394 g/mol. The minimum absolute atomic E-state index is 0.244. The smallest absolute Gasteiger partial charge is 0.315 e. The molecule has 1 aromatic carbocycles. The van der Waals surface area contributed by atoms with Gasteiger partial charge in [-0.05, 0) is 30.9 Å². The summed E-state index contributed by atoms with van der Waals surface area (Å²) in [5, 5.41) is 49.4. The van der Waals surface area contributed by atoms with Gasteiger partial charge in [-0.3, -0.25) is 5.32 Å². The van der Waals surface area contributed by atoms with Crippen LogP contribution in [0.1, 0.15) is 61.8 Å². The number of rotatable bonds is 6. The monoisotopic (exact) mass is 394 g/mol. The Morgan fingerprint density at radius 2 is 1.89 bits per heavy atom. The van der Waals surface area contributed by atoms with Crippen molar-refractivity contribution in [2.24, 2.45) is 0 Å². The molecule has 0 radical (unpaired) electrons. The zero-order valence-corrected chi connectivity index (χ0v) is 16.0. The summed E-state index contributed by atoms with van der Waals surface area (Å²) in [6.45, 7) is 2.98. The first-order chi connectivity index (χ1) is 13.4. The number of carbonyl (C=O) groups is 1. The van der Waals surface area contributed by atoms with Gasteiger partial charge in [0.1, 0.15) is 24.9 Å². The first-order valence-electron chi connectivity index (χ1n) is 9.82. The second-order valence-electron chi connectivity index (χ2n) is 7.39. The highest BCUT2D eigenvalue weighted by molar-refractivity contribution is 5.73. The van der Waals surface area contributed by atoms with Crippen LogP contribution in [-0.4, -0.2) is 56.4 Å². The maximum Gasteiger partial charge on any atom is 0.315 e. The summed E-state index contributed by atoms with van der Waals surface area (Å²) >= 11 is 0. The molecule has 7 N–H and O–H groups in total. The lowest BCUT2D eigenvalue weighted by molar-refractivity contribution is -0.159. The van der Waals surface area contributed by atoms with Crippen LogP contribution in [0, 0.1) is 0 Å². The number of carbonyl (C=O) groups excluding carboxylic acids is 1. The number of fused-ring (bicyclic) bond motifs is 1. The lowest BCUT2D eigenvalue weighted by Crippen LogP contribution is -2.57. The molecule has 156 valence electrons. The molecule has 0 spiro atoms. The molecule has 2 amide bonds. The normalized spacial score (nSPS) is 30.1. The first kappa shape index (κ1) is 21.0. The third-order valence-corrected chi connectivity index (χ3v) is 5.39. The third-order valence-electron chi connectivity index (χ3n) is 5.39. The number of unbranched alkanes of at least 4 members (excludes halogenated alkanes) is 1. The summed E-state index contributed by atoms with van der Waals surface area (Å²) in [6.07, 6.45) is -1.22. The molecule has 2 aliphatic rings. The van der Waals surface area contributed by atoms with Crippen LogP contribution in [0.5, 0.6) is 0 Å². The molecule has 1 saturated heterocycles. The highest BCUT2D eigenvalue weighted by Crippen LogP contribution is 2.42. The van der Waals surface area contributed by atoms with Crippen molar-refractivity contribution in [3.63, 3.8) is 0 Å². The van der Waals surface area contributed by atoms with E-state index in [1.165, 1.54) is 4.90 Å². The molecule has 9 nitrogen and oxygen atoms in total. The topological polar surface area (TPSA) is 137 Å². The summed E-state index contributed by atoms with van der Waals surface area (Å²) in [4.78, 5) is 13.2. The molecule has 2 heterocycles. The van der Waals surface area contributed by atoms with Gasteiger partial charge in [0.05, 0.1) is 6.04 Å². The quantitative estimate of drug-likeness (QED) is 0.337. The van der Waals surface area contributed by atoms with Gasteiger partial charge in [-0.15, -0.1) is 0 Å². The summed E-state index contributed by atoms with van der Waals surface area (Å²) in [5.74, 6) is 0. The molecule has 0 bridgehead atoms. The maximum atomic E-state index is 11.8. The molecular formula is C19H30N4O5. The minimum Gasteiger partial charge on any atom is -0.379 e. The number of aliphatic hydroxyl groups is 4. The van der Waals surface area contributed by atoms with Crippen molar-refractivity contribution >= 4 is 6.03 Å². The first-order valence-corrected chi connectivity index (χ1v) is 9.82. The second-order valence-corrected chi connectivity index (χ2v) is 7.39. The van der Waals surface area contributed by atoms with Crippen LogP contribution in [0.15, 0.2) is 18.2 Å². The van der Waals surface area contributed by atoms with Crippen LogP contribution in [0.4, 0.5) is 4.79 Å². The molecule has 0 saturated carbocycles. The molecular weight excluding hydrogens is 364 g/mol. The summed E-state index contributed by atoms with van der Waals surface area (Å²) in [7, 11) is 0. The van der Waals surface area contributed by atoms with E-state index >= 15 is 0 Å². The van der Waals surface area contributed by atoms with Gasteiger partial charge >= 0.3 is 6.03 Å². The van der Waals surface area contributed by atoms with Crippen LogP contribution in [0.3, 0.4) is 0 Å². The van der Waals surface area contributed by atoms with Crippen molar-refractivity contribution in [1.82, 2.24) is 20.9 Å². The molecule has 1 fully saturated rings. The largest absolute Gasteiger partial charge is 0.379 e. The molecule has 1 aromatic rings. The van der Waals surface area contributed by atoms with E-state index in [-0.39, 0.29) is 6.03 Å². The number of nitrogens with zero attached hydrogens (tertiary/aromatic N) is 1. The van der Waals surface area contributed by atoms with Gasteiger partial charge in [0.25, 0.3) is 0 Å². The van der Waals surface area contributed by atoms with Crippen molar-refractivity contribution in [2.75, 3.05) is 6.54 Å².